The Balaban J connectivity index is 0.00000133. The van der Waals surface area contributed by atoms with Gasteiger partial charge in [-0.1, -0.05) is 50.2 Å². The minimum atomic E-state index is -4.02. The summed E-state index contributed by atoms with van der Waals surface area (Å²) < 4.78 is 25.5. The highest BCUT2D eigenvalue weighted by molar-refractivity contribution is 7.89. The van der Waals surface area contributed by atoms with Gasteiger partial charge in [-0.05, 0) is 84.7 Å². The zero-order valence-corrected chi connectivity index (χ0v) is 20.5. The molecule has 9 nitrogen and oxygen atoms in total. The lowest BCUT2D eigenvalue weighted by Crippen LogP contribution is -2.43. The van der Waals surface area contributed by atoms with Gasteiger partial charge in [0.2, 0.25) is 15.8 Å². The lowest BCUT2D eigenvalue weighted by atomic mass is 9.87. The molecule has 0 radical (unpaired) electrons. The van der Waals surface area contributed by atoms with Gasteiger partial charge >= 0.3 is 0 Å². The summed E-state index contributed by atoms with van der Waals surface area (Å²) in [5.41, 5.74) is 4.01. The third-order valence-electron chi connectivity index (χ3n) is 6.50. The van der Waals surface area contributed by atoms with Crippen molar-refractivity contribution in [2.24, 2.45) is 11.1 Å². The molecule has 2 saturated heterocycles. The van der Waals surface area contributed by atoms with E-state index in [9.17, 15) is 8.42 Å². The third-order valence-corrected chi connectivity index (χ3v) is 7.53. The van der Waals surface area contributed by atoms with Gasteiger partial charge in [0.15, 0.2) is 0 Å². The van der Waals surface area contributed by atoms with Crippen LogP contribution in [-0.4, -0.2) is 55.2 Å². The number of H-pyrrole nitrogens is 1. The standard InChI is InChI=1S/C22H27N7O2S.C2H6/c23-32(30,31)21-18(11-14-12-25-13-14)5-6-19(20(21)22-26-28-29-27-22)17-3-1-15(2-4-17)16-7-9-24-10-8-16;1-2/h1-6,14,16,24-25H,7-13H2,(H2,23,30,31)(H,26,27,28,29);1-2H3. The van der Waals surface area contributed by atoms with Crippen LogP contribution in [-0.2, 0) is 16.4 Å². The first-order valence-electron chi connectivity index (χ1n) is 11.9. The molecule has 2 fully saturated rings. The summed E-state index contributed by atoms with van der Waals surface area (Å²) in [4.78, 5) is 0.0886. The van der Waals surface area contributed by atoms with Crippen LogP contribution in [0.5, 0.6) is 0 Å². The van der Waals surface area contributed by atoms with Gasteiger partial charge in [0, 0.05) is 0 Å². The van der Waals surface area contributed by atoms with Gasteiger partial charge in [-0.15, -0.1) is 10.2 Å². The van der Waals surface area contributed by atoms with E-state index in [1.165, 1.54) is 5.56 Å². The second-order valence-electron chi connectivity index (χ2n) is 8.63. The summed E-state index contributed by atoms with van der Waals surface area (Å²) in [6.45, 7) is 7.79. The van der Waals surface area contributed by atoms with Crippen LogP contribution in [0.4, 0.5) is 0 Å². The maximum Gasteiger partial charge on any atom is 0.239 e. The highest BCUT2D eigenvalue weighted by atomic mass is 32.2. The Morgan fingerprint density at radius 3 is 2.26 bits per heavy atom. The monoisotopic (exact) mass is 483 g/mol. The van der Waals surface area contributed by atoms with Crippen LogP contribution in [0.25, 0.3) is 22.5 Å². The topological polar surface area (TPSA) is 139 Å². The molecule has 0 bridgehead atoms. The van der Waals surface area contributed by atoms with E-state index in [-0.39, 0.29) is 10.7 Å². The molecule has 0 amide bonds. The molecule has 5 rings (SSSR count). The Hall–Kier alpha value is -2.66. The summed E-state index contributed by atoms with van der Waals surface area (Å²) in [7, 11) is -4.02. The summed E-state index contributed by atoms with van der Waals surface area (Å²) in [6, 6.07) is 12.2. The van der Waals surface area contributed by atoms with Gasteiger partial charge in [0.25, 0.3) is 0 Å². The Morgan fingerprint density at radius 1 is 1.00 bits per heavy atom. The first-order chi connectivity index (χ1) is 16.5. The summed E-state index contributed by atoms with van der Waals surface area (Å²) in [5.74, 6) is 1.14. The molecule has 10 heteroatoms. The molecule has 0 atom stereocenters. The predicted octanol–water partition coefficient (Wildman–Crippen LogP) is 2.44. The number of piperidine rings is 1. The van der Waals surface area contributed by atoms with E-state index < -0.39 is 10.0 Å². The zero-order chi connectivity index (χ0) is 24.1. The molecule has 0 unspecified atom stereocenters. The van der Waals surface area contributed by atoms with Crippen molar-refractivity contribution >= 4 is 10.0 Å². The lowest BCUT2D eigenvalue weighted by Gasteiger charge is -2.28. The molecular formula is C24H33N7O2S. The van der Waals surface area contributed by atoms with Gasteiger partial charge in [0.05, 0.1) is 10.5 Å². The maximum absolute atomic E-state index is 12.8. The van der Waals surface area contributed by atoms with Crippen LogP contribution >= 0.6 is 0 Å². The first kappa shape index (κ1) is 24.5. The van der Waals surface area contributed by atoms with Crippen LogP contribution in [0, 0.1) is 5.92 Å². The number of rotatable bonds is 6. The van der Waals surface area contributed by atoms with Crippen LogP contribution in [0.15, 0.2) is 41.3 Å². The number of nitrogens with two attached hydrogens (primary N) is 1. The third kappa shape index (κ3) is 5.20. The highest BCUT2D eigenvalue weighted by Gasteiger charge is 2.29. The number of nitrogens with zero attached hydrogens (tertiary/aromatic N) is 3. The average Bonchev–Trinajstić information content (AvgIpc) is 3.37. The van der Waals surface area contributed by atoms with Crippen LogP contribution < -0.4 is 15.8 Å². The largest absolute Gasteiger partial charge is 0.317 e. The minimum Gasteiger partial charge on any atom is -0.317 e. The number of tetrazole rings is 1. The SMILES string of the molecule is CC.NS(=O)(=O)c1c(CC2CNC2)ccc(-c2ccc(C3CCNCC3)cc2)c1-c1nn[nH]n1. The fourth-order valence-corrected chi connectivity index (χ4v) is 5.74. The van der Waals surface area contributed by atoms with E-state index in [0.29, 0.717) is 29.4 Å². The smallest absolute Gasteiger partial charge is 0.239 e. The first-order valence-corrected chi connectivity index (χ1v) is 13.5. The zero-order valence-electron chi connectivity index (χ0n) is 19.7. The normalized spacial score (nSPS) is 17.0. The molecule has 2 aliphatic rings. The van der Waals surface area contributed by atoms with Crippen molar-refractivity contribution in [3.05, 3.63) is 47.5 Å². The van der Waals surface area contributed by atoms with Gasteiger partial charge in [0.1, 0.15) is 0 Å². The minimum absolute atomic E-state index is 0.0886. The maximum atomic E-state index is 12.8. The van der Waals surface area contributed by atoms with Crippen molar-refractivity contribution in [1.29, 1.82) is 0 Å². The van der Waals surface area contributed by atoms with Crippen LogP contribution in [0.3, 0.4) is 0 Å². The van der Waals surface area contributed by atoms with E-state index in [4.69, 9.17) is 5.14 Å². The quantitative estimate of drug-likeness (QED) is 0.422. The van der Waals surface area contributed by atoms with Crippen molar-refractivity contribution in [3.63, 3.8) is 0 Å². The number of primary sulfonamides is 1. The molecule has 1 aromatic heterocycles. The highest BCUT2D eigenvalue weighted by Crippen LogP contribution is 2.38. The molecule has 2 aliphatic heterocycles. The molecule has 3 heterocycles. The summed E-state index contributed by atoms with van der Waals surface area (Å²) in [6.07, 6.45) is 2.86. The number of aromatic nitrogens is 4. The second kappa shape index (κ2) is 10.7. The number of hydrogen-bond donors (Lipinski definition) is 4. The van der Waals surface area contributed by atoms with E-state index >= 15 is 0 Å². The number of sulfonamides is 1. The molecule has 34 heavy (non-hydrogen) atoms. The van der Waals surface area contributed by atoms with E-state index in [0.717, 1.165) is 50.1 Å². The summed E-state index contributed by atoms with van der Waals surface area (Å²) >= 11 is 0. The molecule has 3 aromatic rings. The lowest BCUT2D eigenvalue weighted by molar-refractivity contribution is 0.345. The Morgan fingerprint density at radius 2 is 1.71 bits per heavy atom. The fourth-order valence-electron chi connectivity index (χ4n) is 4.74. The van der Waals surface area contributed by atoms with Crippen LogP contribution in [0.1, 0.15) is 43.7 Å². The molecule has 0 saturated carbocycles. The molecule has 0 aliphatic carbocycles. The Kier molecular flexibility index (Phi) is 7.72. The Labute approximate surface area is 201 Å². The predicted molar refractivity (Wildman–Crippen MR) is 133 cm³/mol. The molecule has 2 aromatic carbocycles. The summed E-state index contributed by atoms with van der Waals surface area (Å²) in [5, 5.41) is 26.7. The van der Waals surface area contributed by atoms with E-state index in [2.05, 4.69) is 43.4 Å². The number of aromatic amines is 1. The van der Waals surface area contributed by atoms with Gasteiger partial charge in [-0.3, -0.25) is 0 Å². The van der Waals surface area contributed by atoms with Gasteiger partial charge in [-0.25, -0.2) is 13.6 Å². The van der Waals surface area contributed by atoms with Crippen molar-refractivity contribution in [2.45, 2.75) is 43.9 Å². The fraction of sp³-hybridized carbons (Fsp3) is 0.458. The molecule has 182 valence electrons. The van der Waals surface area contributed by atoms with E-state index in [1.807, 2.05) is 38.1 Å². The molecular weight excluding hydrogens is 450 g/mol. The number of benzene rings is 2. The Bertz CT molecular complexity index is 1180. The van der Waals surface area contributed by atoms with Crippen molar-refractivity contribution in [1.82, 2.24) is 31.3 Å². The van der Waals surface area contributed by atoms with Crippen molar-refractivity contribution in [3.8, 4) is 22.5 Å². The van der Waals surface area contributed by atoms with Crippen molar-refractivity contribution in [2.75, 3.05) is 26.2 Å². The second-order valence-corrected chi connectivity index (χ2v) is 10.1. The molecule has 5 N–H and O–H groups in total. The van der Waals surface area contributed by atoms with Crippen LogP contribution in [0.2, 0.25) is 0 Å². The molecule has 0 spiro atoms. The van der Waals surface area contributed by atoms with Gasteiger partial charge < -0.3 is 10.6 Å². The number of nitrogens with one attached hydrogen (secondary N) is 3. The van der Waals surface area contributed by atoms with Gasteiger partial charge in [-0.2, -0.15) is 5.21 Å². The van der Waals surface area contributed by atoms with E-state index in [1.54, 1.807) is 0 Å². The van der Waals surface area contributed by atoms with Crippen molar-refractivity contribution < 1.29 is 8.42 Å². The average molecular weight is 484 g/mol. The number of hydrogen-bond acceptors (Lipinski definition) is 7.